The van der Waals surface area contributed by atoms with Crippen molar-refractivity contribution < 1.29 is 4.79 Å². The van der Waals surface area contributed by atoms with Crippen molar-refractivity contribution in [2.24, 2.45) is 0 Å². The predicted octanol–water partition coefficient (Wildman–Crippen LogP) is 4.55. The molecule has 0 saturated heterocycles. The van der Waals surface area contributed by atoms with Crippen molar-refractivity contribution in [1.29, 1.82) is 0 Å². The zero-order chi connectivity index (χ0) is 15.9. The van der Waals surface area contributed by atoms with E-state index in [2.05, 4.69) is 49.6 Å². The molecule has 2 unspecified atom stereocenters. The van der Waals surface area contributed by atoms with Crippen LogP contribution < -0.4 is 10.6 Å². The van der Waals surface area contributed by atoms with Crippen molar-refractivity contribution in [3.8, 4) is 0 Å². The van der Waals surface area contributed by atoms with E-state index in [0.717, 1.165) is 12.1 Å². The molecule has 1 aromatic carbocycles. The third-order valence-corrected chi connectivity index (χ3v) is 4.97. The molecule has 0 radical (unpaired) electrons. The topological polar surface area (TPSA) is 41.1 Å². The van der Waals surface area contributed by atoms with Gasteiger partial charge in [0, 0.05) is 16.6 Å². The molecule has 1 heterocycles. The third kappa shape index (κ3) is 4.68. The minimum absolute atomic E-state index is 0.0142. The maximum absolute atomic E-state index is 12.0. The van der Waals surface area contributed by atoms with Gasteiger partial charge < -0.3 is 10.6 Å². The molecule has 0 bridgehead atoms. The first-order valence-corrected chi connectivity index (χ1v) is 8.64. The van der Waals surface area contributed by atoms with Gasteiger partial charge in [-0.05, 0) is 48.4 Å². The van der Waals surface area contributed by atoms with E-state index in [0.29, 0.717) is 12.5 Å². The highest BCUT2D eigenvalue weighted by Crippen LogP contribution is 2.20. The SMILES string of the molecule is CCC(C)c1ccc(NC(=O)CNC(C)c2cccs2)cc1. The molecule has 118 valence electrons. The Morgan fingerprint density at radius 3 is 2.50 bits per heavy atom. The van der Waals surface area contributed by atoms with Gasteiger partial charge in [-0.2, -0.15) is 0 Å². The van der Waals surface area contributed by atoms with Crippen LogP contribution in [0, 0.1) is 0 Å². The summed E-state index contributed by atoms with van der Waals surface area (Å²) >= 11 is 1.70. The zero-order valence-corrected chi connectivity index (χ0v) is 14.2. The summed E-state index contributed by atoms with van der Waals surface area (Å²) in [6.45, 7) is 6.77. The smallest absolute Gasteiger partial charge is 0.238 e. The molecule has 1 amide bonds. The third-order valence-electron chi connectivity index (χ3n) is 3.91. The number of carbonyl (C=O) groups excluding carboxylic acids is 1. The Labute approximate surface area is 136 Å². The Bertz CT molecular complexity index is 578. The van der Waals surface area contributed by atoms with Crippen LogP contribution in [0.3, 0.4) is 0 Å². The Balaban J connectivity index is 1.81. The fourth-order valence-corrected chi connectivity index (χ4v) is 2.98. The molecule has 0 fully saturated rings. The van der Waals surface area contributed by atoms with Gasteiger partial charge in [-0.3, -0.25) is 4.79 Å². The van der Waals surface area contributed by atoms with E-state index in [1.54, 1.807) is 11.3 Å². The highest BCUT2D eigenvalue weighted by molar-refractivity contribution is 7.10. The minimum Gasteiger partial charge on any atom is -0.325 e. The van der Waals surface area contributed by atoms with Crippen molar-refractivity contribution in [3.63, 3.8) is 0 Å². The van der Waals surface area contributed by atoms with E-state index in [1.807, 2.05) is 23.6 Å². The Hall–Kier alpha value is -1.65. The number of benzene rings is 1. The first-order valence-electron chi connectivity index (χ1n) is 7.76. The molecule has 2 rings (SSSR count). The summed E-state index contributed by atoms with van der Waals surface area (Å²) in [5.41, 5.74) is 2.16. The Kier molecular flexibility index (Phi) is 6.16. The number of hydrogen-bond donors (Lipinski definition) is 2. The second kappa shape index (κ2) is 8.11. The average molecular weight is 316 g/mol. The molecule has 2 atom stereocenters. The zero-order valence-electron chi connectivity index (χ0n) is 13.4. The number of rotatable bonds is 7. The molecule has 1 aromatic heterocycles. The van der Waals surface area contributed by atoms with E-state index in [4.69, 9.17) is 0 Å². The monoisotopic (exact) mass is 316 g/mol. The maximum Gasteiger partial charge on any atom is 0.238 e. The number of carbonyl (C=O) groups is 1. The molecule has 0 spiro atoms. The quantitative estimate of drug-likeness (QED) is 0.786. The lowest BCUT2D eigenvalue weighted by Crippen LogP contribution is -2.29. The summed E-state index contributed by atoms with van der Waals surface area (Å²) in [4.78, 5) is 13.2. The summed E-state index contributed by atoms with van der Waals surface area (Å²) < 4.78 is 0. The fourth-order valence-electron chi connectivity index (χ4n) is 2.22. The standard InChI is InChI=1S/C18H24N2OS/c1-4-13(2)15-7-9-16(10-8-15)20-18(21)12-19-14(3)17-6-5-11-22-17/h5-11,13-14,19H,4,12H2,1-3H3,(H,20,21). The van der Waals surface area contributed by atoms with Crippen LogP contribution in [-0.2, 0) is 4.79 Å². The molecule has 2 N–H and O–H groups in total. The molecule has 0 aliphatic carbocycles. The van der Waals surface area contributed by atoms with Crippen LogP contribution in [0.1, 0.15) is 49.6 Å². The van der Waals surface area contributed by atoms with Crippen LogP contribution in [0.25, 0.3) is 0 Å². The lowest BCUT2D eigenvalue weighted by molar-refractivity contribution is -0.115. The van der Waals surface area contributed by atoms with E-state index in [9.17, 15) is 4.79 Å². The van der Waals surface area contributed by atoms with Crippen molar-refractivity contribution >= 4 is 22.9 Å². The normalized spacial score (nSPS) is 13.6. The second-order valence-corrected chi connectivity index (χ2v) is 6.58. The van der Waals surface area contributed by atoms with Gasteiger partial charge in [-0.25, -0.2) is 0 Å². The van der Waals surface area contributed by atoms with E-state index in [1.165, 1.54) is 10.4 Å². The van der Waals surface area contributed by atoms with Crippen LogP contribution in [0.2, 0.25) is 0 Å². The molecule has 0 saturated carbocycles. The molecule has 0 aliphatic rings. The van der Waals surface area contributed by atoms with Crippen LogP contribution in [0.5, 0.6) is 0 Å². The molecule has 3 nitrogen and oxygen atoms in total. The first-order chi connectivity index (χ1) is 10.6. The fraction of sp³-hybridized carbons (Fsp3) is 0.389. The molecule has 2 aromatic rings. The molecular formula is C18H24N2OS. The largest absolute Gasteiger partial charge is 0.325 e. The van der Waals surface area contributed by atoms with Gasteiger partial charge in [0.05, 0.1) is 6.54 Å². The number of thiophene rings is 1. The number of amides is 1. The maximum atomic E-state index is 12.0. The molecule has 4 heteroatoms. The van der Waals surface area contributed by atoms with Crippen molar-refractivity contribution in [1.82, 2.24) is 5.32 Å². The summed E-state index contributed by atoms with van der Waals surface area (Å²) in [5.74, 6) is 0.540. The number of hydrogen-bond acceptors (Lipinski definition) is 3. The van der Waals surface area contributed by atoms with Crippen molar-refractivity contribution in [2.75, 3.05) is 11.9 Å². The summed E-state index contributed by atoms with van der Waals surface area (Å²) in [5, 5.41) is 8.22. The van der Waals surface area contributed by atoms with Gasteiger partial charge in [-0.15, -0.1) is 11.3 Å². The lowest BCUT2D eigenvalue weighted by atomic mass is 9.99. The van der Waals surface area contributed by atoms with Gasteiger partial charge >= 0.3 is 0 Å². The van der Waals surface area contributed by atoms with Gasteiger partial charge in [0.1, 0.15) is 0 Å². The first kappa shape index (κ1) is 16.7. The molecule has 0 aliphatic heterocycles. The second-order valence-electron chi connectivity index (χ2n) is 5.60. The number of nitrogens with one attached hydrogen (secondary N) is 2. The van der Waals surface area contributed by atoms with Crippen LogP contribution in [-0.4, -0.2) is 12.5 Å². The van der Waals surface area contributed by atoms with Gasteiger partial charge in [-0.1, -0.05) is 32.0 Å². The Morgan fingerprint density at radius 1 is 1.18 bits per heavy atom. The predicted molar refractivity (Wildman–Crippen MR) is 94.5 cm³/mol. The lowest BCUT2D eigenvalue weighted by Gasteiger charge is -2.13. The summed E-state index contributed by atoms with van der Waals surface area (Å²) in [7, 11) is 0. The minimum atomic E-state index is -0.0142. The van der Waals surface area contributed by atoms with E-state index < -0.39 is 0 Å². The van der Waals surface area contributed by atoms with Crippen molar-refractivity contribution in [3.05, 3.63) is 52.2 Å². The Morgan fingerprint density at radius 2 is 1.91 bits per heavy atom. The van der Waals surface area contributed by atoms with Gasteiger partial charge in [0.25, 0.3) is 0 Å². The van der Waals surface area contributed by atoms with Crippen LogP contribution in [0.15, 0.2) is 41.8 Å². The van der Waals surface area contributed by atoms with Crippen molar-refractivity contribution in [2.45, 2.75) is 39.2 Å². The highest BCUT2D eigenvalue weighted by atomic mass is 32.1. The van der Waals surface area contributed by atoms with Crippen LogP contribution >= 0.6 is 11.3 Å². The van der Waals surface area contributed by atoms with Gasteiger partial charge in [0.2, 0.25) is 5.91 Å². The summed E-state index contributed by atoms with van der Waals surface area (Å²) in [6.07, 6.45) is 1.12. The summed E-state index contributed by atoms with van der Waals surface area (Å²) in [6, 6.07) is 12.4. The molecule has 22 heavy (non-hydrogen) atoms. The van der Waals surface area contributed by atoms with E-state index >= 15 is 0 Å². The van der Waals surface area contributed by atoms with Crippen LogP contribution in [0.4, 0.5) is 5.69 Å². The van der Waals surface area contributed by atoms with E-state index in [-0.39, 0.29) is 11.9 Å². The average Bonchev–Trinajstić information content (AvgIpc) is 3.07. The molecular weight excluding hydrogens is 292 g/mol. The highest BCUT2D eigenvalue weighted by Gasteiger charge is 2.09. The van der Waals surface area contributed by atoms with Gasteiger partial charge in [0.15, 0.2) is 0 Å². The number of anilines is 1.